The second-order valence-electron chi connectivity index (χ2n) is 6.86. The van der Waals surface area contributed by atoms with Crippen LogP contribution in [-0.2, 0) is 15.3 Å². The van der Waals surface area contributed by atoms with Gasteiger partial charge in [0.05, 0.1) is 10.6 Å². The number of hydrogen-bond acceptors (Lipinski definition) is 6. The number of benzene rings is 1. The number of halogens is 2. The van der Waals surface area contributed by atoms with Crippen molar-refractivity contribution in [1.82, 2.24) is 9.99 Å². The Labute approximate surface area is 166 Å². The number of hydrogen-bond donors (Lipinski definition) is 1. The molecule has 1 amide bonds. The number of hydrazone groups is 1. The van der Waals surface area contributed by atoms with Gasteiger partial charge < -0.3 is 10.5 Å². The first kappa shape index (κ1) is 20.3. The van der Waals surface area contributed by atoms with Crippen molar-refractivity contribution in [1.29, 1.82) is 0 Å². The highest BCUT2D eigenvalue weighted by atomic mass is 32.1. The largest absolute Gasteiger partial charge is 0.441 e. The molecular formula is C19H22F2N4O2S. The van der Waals surface area contributed by atoms with Gasteiger partial charge in [-0.1, -0.05) is 13.8 Å². The minimum atomic E-state index is -1.35. The molecule has 0 radical (unpaired) electrons. The van der Waals surface area contributed by atoms with Crippen molar-refractivity contribution >= 4 is 23.1 Å². The molecule has 150 valence electrons. The monoisotopic (exact) mass is 408 g/mol. The lowest BCUT2D eigenvalue weighted by Gasteiger charge is -2.34. The molecule has 9 heteroatoms. The molecule has 2 heterocycles. The summed E-state index contributed by atoms with van der Waals surface area (Å²) in [6.45, 7) is 5.67. The number of carbonyl (C=O) groups is 1. The molecule has 1 aliphatic rings. The number of aromatic nitrogens is 1. The van der Waals surface area contributed by atoms with E-state index in [0.717, 1.165) is 23.2 Å². The van der Waals surface area contributed by atoms with Gasteiger partial charge in [0.25, 0.3) is 5.72 Å². The molecule has 0 saturated carbocycles. The maximum atomic E-state index is 14.4. The summed E-state index contributed by atoms with van der Waals surface area (Å²) in [5.74, 6) is -2.18. The van der Waals surface area contributed by atoms with E-state index in [1.807, 2.05) is 6.92 Å². The van der Waals surface area contributed by atoms with Crippen LogP contribution in [0.4, 0.5) is 8.78 Å². The Kier molecular flexibility index (Phi) is 5.76. The van der Waals surface area contributed by atoms with Crippen molar-refractivity contribution in [3.63, 3.8) is 0 Å². The van der Waals surface area contributed by atoms with E-state index in [-0.39, 0.29) is 23.3 Å². The van der Waals surface area contributed by atoms with Gasteiger partial charge in [-0.3, -0.25) is 4.79 Å². The molecule has 0 bridgehead atoms. The second-order valence-corrected chi connectivity index (χ2v) is 7.93. The summed E-state index contributed by atoms with van der Waals surface area (Å²) in [5, 5.41) is 8.05. The summed E-state index contributed by atoms with van der Waals surface area (Å²) >= 11 is 1.40. The number of thiazole rings is 1. The molecule has 3 rings (SSSR count). The fourth-order valence-electron chi connectivity index (χ4n) is 2.97. The van der Waals surface area contributed by atoms with E-state index < -0.39 is 17.4 Å². The molecule has 1 aromatic heterocycles. The summed E-state index contributed by atoms with van der Waals surface area (Å²) in [7, 11) is 0. The Hall–Kier alpha value is -2.39. The number of ether oxygens (including phenoxy) is 1. The lowest BCUT2D eigenvalue weighted by Crippen LogP contribution is -2.47. The standard InChI is InChI=1S/C19H22F2N4O2S/c1-11(2)18(26)25-19(7-4-8-22,16-10-28-12(3)23-16)27-17(24-25)14-9-13(20)5-6-15(14)21/h5-6,9-11H,4,7-8,22H2,1-3H3. The van der Waals surface area contributed by atoms with Gasteiger partial charge in [0.15, 0.2) is 0 Å². The highest BCUT2D eigenvalue weighted by Crippen LogP contribution is 2.42. The first-order chi connectivity index (χ1) is 13.3. The van der Waals surface area contributed by atoms with Crippen molar-refractivity contribution < 1.29 is 18.3 Å². The molecule has 28 heavy (non-hydrogen) atoms. The van der Waals surface area contributed by atoms with E-state index in [1.165, 1.54) is 16.3 Å². The summed E-state index contributed by atoms with van der Waals surface area (Å²) in [6.07, 6.45) is 0.835. The zero-order valence-corrected chi connectivity index (χ0v) is 16.7. The third-order valence-electron chi connectivity index (χ3n) is 4.40. The van der Waals surface area contributed by atoms with Crippen LogP contribution in [0.2, 0.25) is 0 Å². The van der Waals surface area contributed by atoms with Gasteiger partial charge in [0, 0.05) is 17.7 Å². The number of nitrogens with two attached hydrogens (primary N) is 1. The molecule has 1 aromatic carbocycles. The Balaban J connectivity index is 2.14. The average Bonchev–Trinajstić information content (AvgIpc) is 3.26. The molecule has 1 aliphatic heterocycles. The maximum absolute atomic E-state index is 14.4. The molecule has 0 fully saturated rings. The quantitative estimate of drug-likeness (QED) is 0.793. The van der Waals surface area contributed by atoms with Gasteiger partial charge in [0.2, 0.25) is 11.8 Å². The fraction of sp³-hybridized carbons (Fsp3) is 0.421. The van der Waals surface area contributed by atoms with Gasteiger partial charge in [-0.25, -0.2) is 13.8 Å². The summed E-state index contributed by atoms with van der Waals surface area (Å²) in [5.41, 5.74) is 4.69. The van der Waals surface area contributed by atoms with E-state index in [0.29, 0.717) is 25.1 Å². The van der Waals surface area contributed by atoms with Gasteiger partial charge >= 0.3 is 0 Å². The first-order valence-electron chi connectivity index (χ1n) is 8.98. The van der Waals surface area contributed by atoms with Crippen LogP contribution in [0.25, 0.3) is 0 Å². The van der Waals surface area contributed by atoms with E-state index in [9.17, 15) is 13.6 Å². The van der Waals surface area contributed by atoms with Crippen molar-refractivity contribution in [3.05, 3.63) is 51.5 Å². The van der Waals surface area contributed by atoms with Crippen LogP contribution in [0.15, 0.2) is 28.7 Å². The Morgan fingerprint density at radius 3 is 2.75 bits per heavy atom. The van der Waals surface area contributed by atoms with Crippen LogP contribution in [0.3, 0.4) is 0 Å². The minimum Gasteiger partial charge on any atom is -0.441 e. The third-order valence-corrected chi connectivity index (χ3v) is 5.17. The minimum absolute atomic E-state index is 0.150. The smallest absolute Gasteiger partial charge is 0.250 e. The summed E-state index contributed by atoms with van der Waals surface area (Å²) in [6, 6.07) is 3.01. The highest BCUT2D eigenvalue weighted by Gasteiger charge is 2.51. The van der Waals surface area contributed by atoms with Crippen molar-refractivity contribution in [3.8, 4) is 0 Å². The van der Waals surface area contributed by atoms with Crippen molar-refractivity contribution in [2.24, 2.45) is 16.8 Å². The number of nitrogens with zero attached hydrogens (tertiary/aromatic N) is 3. The van der Waals surface area contributed by atoms with Crippen molar-refractivity contribution in [2.75, 3.05) is 6.54 Å². The highest BCUT2D eigenvalue weighted by molar-refractivity contribution is 7.09. The van der Waals surface area contributed by atoms with Gasteiger partial charge in [0.1, 0.15) is 17.3 Å². The Morgan fingerprint density at radius 1 is 1.39 bits per heavy atom. The molecule has 1 atom stereocenters. The molecule has 1 unspecified atom stereocenters. The predicted octanol–water partition coefficient (Wildman–Crippen LogP) is 3.50. The van der Waals surface area contributed by atoms with Crippen LogP contribution in [0, 0.1) is 24.5 Å². The summed E-state index contributed by atoms with van der Waals surface area (Å²) < 4.78 is 34.2. The van der Waals surface area contributed by atoms with E-state index in [2.05, 4.69) is 10.1 Å². The molecule has 0 saturated heterocycles. The molecule has 2 aromatic rings. The summed E-state index contributed by atoms with van der Waals surface area (Å²) in [4.78, 5) is 17.4. The van der Waals surface area contributed by atoms with E-state index in [1.54, 1.807) is 19.2 Å². The van der Waals surface area contributed by atoms with Crippen LogP contribution in [0.1, 0.15) is 43.0 Å². The van der Waals surface area contributed by atoms with Crippen LogP contribution in [0.5, 0.6) is 0 Å². The normalized spacial score (nSPS) is 19.1. The van der Waals surface area contributed by atoms with Gasteiger partial charge in [-0.2, -0.15) is 5.01 Å². The lowest BCUT2D eigenvalue weighted by molar-refractivity contribution is -0.156. The Morgan fingerprint density at radius 2 is 2.14 bits per heavy atom. The van der Waals surface area contributed by atoms with Crippen molar-refractivity contribution in [2.45, 2.75) is 39.3 Å². The lowest BCUT2D eigenvalue weighted by atomic mass is 10.0. The average molecular weight is 408 g/mol. The number of aryl methyl sites for hydroxylation is 1. The van der Waals surface area contributed by atoms with E-state index in [4.69, 9.17) is 10.5 Å². The van der Waals surface area contributed by atoms with Crippen LogP contribution < -0.4 is 5.73 Å². The molecular weight excluding hydrogens is 386 g/mol. The molecule has 0 spiro atoms. The van der Waals surface area contributed by atoms with Crippen LogP contribution in [-0.4, -0.2) is 28.3 Å². The number of carbonyl (C=O) groups excluding carboxylic acids is 1. The first-order valence-corrected chi connectivity index (χ1v) is 9.86. The zero-order chi connectivity index (χ0) is 20.5. The topological polar surface area (TPSA) is 80.8 Å². The van der Waals surface area contributed by atoms with Crippen LogP contribution >= 0.6 is 11.3 Å². The second kappa shape index (κ2) is 7.92. The van der Waals surface area contributed by atoms with E-state index >= 15 is 0 Å². The fourth-order valence-corrected chi connectivity index (χ4v) is 3.64. The third kappa shape index (κ3) is 3.64. The Bertz CT molecular complexity index is 915. The van der Waals surface area contributed by atoms with Gasteiger partial charge in [-0.05, 0) is 38.1 Å². The SMILES string of the molecule is Cc1nc(C2(CCCN)OC(c3cc(F)ccc3F)=NN2C(=O)C(C)C)cs1. The molecule has 6 nitrogen and oxygen atoms in total. The molecule has 2 N–H and O–H groups in total. The van der Waals surface area contributed by atoms with Gasteiger partial charge in [-0.15, -0.1) is 16.4 Å². The maximum Gasteiger partial charge on any atom is 0.250 e. The predicted molar refractivity (Wildman–Crippen MR) is 102 cm³/mol. The number of amides is 1. The molecule has 0 aliphatic carbocycles. The number of rotatable bonds is 6. The zero-order valence-electron chi connectivity index (χ0n) is 15.9.